The van der Waals surface area contributed by atoms with Gasteiger partial charge in [0.15, 0.2) is 0 Å². The van der Waals surface area contributed by atoms with Gasteiger partial charge < -0.3 is 10.4 Å². The Hall–Kier alpha value is -1.84. The third kappa shape index (κ3) is 3.37. The first-order valence-corrected chi connectivity index (χ1v) is 3.77. The number of carboxylic acid groups (broad SMARTS) is 1. The van der Waals surface area contributed by atoms with Gasteiger partial charge in [0.2, 0.25) is 0 Å². The van der Waals surface area contributed by atoms with Crippen molar-refractivity contribution in [2.75, 3.05) is 5.32 Å². The number of aromatic nitrogens is 1. The van der Waals surface area contributed by atoms with Crippen molar-refractivity contribution in [2.45, 2.75) is 6.92 Å². The van der Waals surface area contributed by atoms with Crippen molar-refractivity contribution in [3.8, 4) is 0 Å². The van der Waals surface area contributed by atoms with Crippen LogP contribution in [0.25, 0.3) is 0 Å². The van der Waals surface area contributed by atoms with E-state index in [0.717, 1.165) is 11.6 Å². The van der Waals surface area contributed by atoms with Gasteiger partial charge >= 0.3 is 5.97 Å². The number of nitrogens with zero attached hydrogens (tertiary/aromatic N) is 1. The van der Waals surface area contributed by atoms with Gasteiger partial charge in [-0.3, -0.25) is 0 Å². The number of aryl methyl sites for hydroxylation is 1. The number of hydrogen-bond donors (Lipinski definition) is 2. The van der Waals surface area contributed by atoms with E-state index in [9.17, 15) is 4.79 Å². The second kappa shape index (κ2) is 4.25. The van der Waals surface area contributed by atoms with Crippen LogP contribution in [-0.4, -0.2) is 16.1 Å². The van der Waals surface area contributed by atoms with Gasteiger partial charge in [-0.25, -0.2) is 9.78 Å². The summed E-state index contributed by atoms with van der Waals surface area (Å²) in [4.78, 5) is 14.1. The van der Waals surface area contributed by atoms with Crippen LogP contribution in [0.15, 0.2) is 30.6 Å². The zero-order chi connectivity index (χ0) is 9.68. The van der Waals surface area contributed by atoms with Crippen molar-refractivity contribution in [3.63, 3.8) is 0 Å². The number of pyridine rings is 1. The molecule has 0 spiro atoms. The molecule has 1 rings (SSSR count). The summed E-state index contributed by atoms with van der Waals surface area (Å²) in [7, 11) is 0. The summed E-state index contributed by atoms with van der Waals surface area (Å²) >= 11 is 0. The van der Waals surface area contributed by atoms with E-state index in [1.165, 1.54) is 6.20 Å². The second-order valence-corrected chi connectivity index (χ2v) is 2.54. The number of nitrogens with one attached hydrogen (secondary N) is 1. The fourth-order valence-electron chi connectivity index (χ4n) is 0.752. The minimum absolute atomic E-state index is 0.628. The number of hydrogen-bond acceptors (Lipinski definition) is 3. The van der Waals surface area contributed by atoms with Crippen LogP contribution in [0.4, 0.5) is 5.82 Å². The first kappa shape index (κ1) is 9.25. The molecule has 1 heterocycles. The number of rotatable bonds is 3. The summed E-state index contributed by atoms with van der Waals surface area (Å²) in [5.41, 5.74) is 1.06. The van der Waals surface area contributed by atoms with Crippen LogP contribution < -0.4 is 5.32 Å². The van der Waals surface area contributed by atoms with Crippen molar-refractivity contribution in [1.29, 1.82) is 0 Å². The van der Waals surface area contributed by atoms with Crippen molar-refractivity contribution in [1.82, 2.24) is 4.98 Å². The lowest BCUT2D eigenvalue weighted by Crippen LogP contribution is -1.94. The Morgan fingerprint density at radius 1 is 1.62 bits per heavy atom. The molecule has 0 atom stereocenters. The molecular weight excluding hydrogens is 168 g/mol. The Kier molecular flexibility index (Phi) is 3.03. The molecule has 1 aromatic heterocycles. The largest absolute Gasteiger partial charge is 0.478 e. The maximum atomic E-state index is 10.1. The van der Waals surface area contributed by atoms with Gasteiger partial charge in [-0.2, -0.15) is 0 Å². The molecule has 0 fully saturated rings. The van der Waals surface area contributed by atoms with Crippen LogP contribution in [0.5, 0.6) is 0 Å². The fraction of sp³-hybridized carbons (Fsp3) is 0.111. The molecule has 0 bridgehead atoms. The van der Waals surface area contributed by atoms with Crippen LogP contribution >= 0.6 is 0 Å². The van der Waals surface area contributed by atoms with Crippen LogP contribution in [0, 0.1) is 6.92 Å². The number of carboxylic acids is 1. The van der Waals surface area contributed by atoms with Gasteiger partial charge in [0.1, 0.15) is 5.82 Å². The molecule has 0 aliphatic carbocycles. The van der Waals surface area contributed by atoms with Gasteiger partial charge in [0.05, 0.1) is 0 Å². The van der Waals surface area contributed by atoms with Gasteiger partial charge in [-0.15, -0.1) is 0 Å². The first-order valence-electron chi connectivity index (χ1n) is 3.77. The zero-order valence-electron chi connectivity index (χ0n) is 7.19. The highest BCUT2D eigenvalue weighted by Crippen LogP contribution is 2.02. The Morgan fingerprint density at radius 3 is 2.92 bits per heavy atom. The average Bonchev–Trinajstić information content (AvgIpc) is 2.08. The Morgan fingerprint density at radius 2 is 2.38 bits per heavy atom. The van der Waals surface area contributed by atoms with Gasteiger partial charge in [0.25, 0.3) is 0 Å². The normalized spacial score (nSPS) is 10.2. The standard InChI is InChI=1S/C9H10N2O2/c1-7-2-3-8(11-6-7)10-5-4-9(12)13/h2-6H,1H3,(H,10,11)(H,12,13)/b5-4+. The van der Waals surface area contributed by atoms with E-state index < -0.39 is 5.97 Å². The molecule has 1 aromatic rings. The van der Waals surface area contributed by atoms with Crippen molar-refractivity contribution < 1.29 is 9.90 Å². The maximum absolute atomic E-state index is 10.1. The Balaban J connectivity index is 2.55. The molecule has 0 saturated carbocycles. The number of anilines is 1. The highest BCUT2D eigenvalue weighted by atomic mass is 16.4. The van der Waals surface area contributed by atoms with Crippen molar-refractivity contribution in [2.24, 2.45) is 0 Å². The quantitative estimate of drug-likeness (QED) is 0.687. The molecule has 13 heavy (non-hydrogen) atoms. The van der Waals surface area contributed by atoms with Crippen LogP contribution in [-0.2, 0) is 4.79 Å². The topological polar surface area (TPSA) is 62.2 Å². The van der Waals surface area contributed by atoms with Crippen LogP contribution in [0.2, 0.25) is 0 Å². The summed E-state index contributed by atoms with van der Waals surface area (Å²) in [5.74, 6) is -0.359. The average molecular weight is 178 g/mol. The lowest BCUT2D eigenvalue weighted by Gasteiger charge is -1.98. The van der Waals surface area contributed by atoms with E-state index in [1.54, 1.807) is 12.3 Å². The summed E-state index contributed by atoms with van der Waals surface area (Å²) in [5, 5.41) is 11.0. The number of aliphatic carboxylic acids is 1. The van der Waals surface area contributed by atoms with Gasteiger partial charge in [0, 0.05) is 18.5 Å². The minimum Gasteiger partial charge on any atom is -0.478 e. The van der Waals surface area contributed by atoms with E-state index in [0.29, 0.717) is 5.82 Å². The highest BCUT2D eigenvalue weighted by molar-refractivity contribution is 5.80. The van der Waals surface area contributed by atoms with E-state index in [4.69, 9.17) is 5.11 Å². The zero-order valence-corrected chi connectivity index (χ0v) is 7.19. The molecule has 0 unspecified atom stereocenters. The summed E-state index contributed by atoms with van der Waals surface area (Å²) in [6, 6.07) is 3.67. The molecule has 2 N–H and O–H groups in total. The van der Waals surface area contributed by atoms with E-state index in [-0.39, 0.29) is 0 Å². The minimum atomic E-state index is -0.986. The Labute approximate surface area is 75.9 Å². The van der Waals surface area contributed by atoms with Crippen molar-refractivity contribution in [3.05, 3.63) is 36.2 Å². The van der Waals surface area contributed by atoms with Crippen LogP contribution in [0.3, 0.4) is 0 Å². The fourth-order valence-corrected chi connectivity index (χ4v) is 0.752. The second-order valence-electron chi connectivity index (χ2n) is 2.54. The van der Waals surface area contributed by atoms with Gasteiger partial charge in [-0.1, -0.05) is 6.07 Å². The van der Waals surface area contributed by atoms with Crippen LogP contribution in [0.1, 0.15) is 5.56 Å². The van der Waals surface area contributed by atoms with E-state index in [1.807, 2.05) is 13.0 Å². The summed E-state index contributed by atoms with van der Waals surface area (Å²) in [6.07, 6.45) is 4.05. The molecule has 0 aliphatic rings. The molecule has 0 aliphatic heterocycles. The maximum Gasteiger partial charge on any atom is 0.329 e. The molecule has 0 radical (unpaired) electrons. The lowest BCUT2D eigenvalue weighted by atomic mass is 10.3. The molecular formula is C9H10N2O2. The SMILES string of the molecule is Cc1ccc(N/C=C/C(=O)O)nc1. The van der Waals surface area contributed by atoms with E-state index >= 15 is 0 Å². The molecule has 4 heteroatoms. The monoisotopic (exact) mass is 178 g/mol. The summed E-state index contributed by atoms with van der Waals surface area (Å²) in [6.45, 7) is 1.93. The third-order valence-electron chi connectivity index (χ3n) is 1.37. The predicted octanol–water partition coefficient (Wildman–Crippen LogP) is 1.40. The Bertz CT molecular complexity index is 317. The lowest BCUT2D eigenvalue weighted by molar-refractivity contribution is -0.131. The molecule has 0 aromatic carbocycles. The van der Waals surface area contributed by atoms with Gasteiger partial charge in [-0.05, 0) is 18.6 Å². The molecule has 4 nitrogen and oxygen atoms in total. The van der Waals surface area contributed by atoms with E-state index in [2.05, 4.69) is 10.3 Å². The first-order chi connectivity index (χ1) is 6.18. The molecule has 0 amide bonds. The smallest absolute Gasteiger partial charge is 0.329 e. The highest BCUT2D eigenvalue weighted by Gasteiger charge is 1.89. The van der Waals surface area contributed by atoms with Crippen molar-refractivity contribution >= 4 is 11.8 Å². The predicted molar refractivity (Wildman–Crippen MR) is 49.4 cm³/mol. The third-order valence-corrected chi connectivity index (χ3v) is 1.37. The summed E-state index contributed by atoms with van der Waals surface area (Å²) < 4.78 is 0. The molecule has 68 valence electrons. The molecule has 0 saturated heterocycles. The number of carbonyl (C=O) groups is 1.